The van der Waals surface area contributed by atoms with Crippen molar-refractivity contribution in [3.8, 4) is 0 Å². The lowest BCUT2D eigenvalue weighted by atomic mass is 9.99. The fourth-order valence-electron chi connectivity index (χ4n) is 3.78. The molecule has 31 heavy (non-hydrogen) atoms. The number of amidine groups is 1. The average Bonchev–Trinajstić information content (AvgIpc) is 2.74. The van der Waals surface area contributed by atoms with Crippen molar-refractivity contribution in [2.24, 2.45) is 5.92 Å². The van der Waals surface area contributed by atoms with E-state index >= 15 is 0 Å². The van der Waals surface area contributed by atoms with E-state index in [0.717, 1.165) is 44.3 Å². The molecule has 0 aromatic rings. The summed E-state index contributed by atoms with van der Waals surface area (Å²) in [5.74, 6) is -0.768. The molecule has 0 spiro atoms. The number of nitrogens with zero attached hydrogens (tertiary/aromatic N) is 1. The predicted octanol–water partition coefficient (Wildman–Crippen LogP) is 7.99. The number of hydrogen-bond donors (Lipinski definition) is 2. The molecule has 0 heterocycles. The van der Waals surface area contributed by atoms with Gasteiger partial charge in [0, 0.05) is 19.0 Å². The first-order valence-electron chi connectivity index (χ1n) is 12.9. The molecule has 0 radical (unpaired) electrons. The topological polar surface area (TPSA) is 64.4 Å². The molecule has 0 saturated carbocycles. The lowest BCUT2D eigenvalue weighted by Gasteiger charge is -2.29. The highest BCUT2D eigenvalue weighted by molar-refractivity contribution is 5.87. The van der Waals surface area contributed by atoms with Gasteiger partial charge in [-0.3, -0.25) is 10.2 Å². The fourth-order valence-corrected chi connectivity index (χ4v) is 3.78. The van der Waals surface area contributed by atoms with Gasteiger partial charge in [0.05, 0.1) is 6.42 Å². The summed E-state index contributed by atoms with van der Waals surface area (Å²) in [5, 5.41) is 18.2. The second-order valence-electron chi connectivity index (χ2n) is 8.88. The standard InChI is InChI=1S/C27H50N2O2/c1-5-8-11-14-15-18-24(4)19-20-25(23-26(30)31)27(28)29(21-16-12-9-6-2)22-17-13-10-7-3/h19-20,25,28H,4-18,21-23H2,1-3H3,(H,30,31)/b20-19+,28-27?. The Kier molecular flexibility index (Phi) is 19.3. The van der Waals surface area contributed by atoms with Crippen LogP contribution in [0.3, 0.4) is 0 Å². The third-order valence-corrected chi connectivity index (χ3v) is 5.82. The normalized spacial score (nSPS) is 12.2. The molecule has 4 nitrogen and oxygen atoms in total. The Labute approximate surface area is 192 Å². The van der Waals surface area contributed by atoms with Gasteiger partial charge in [-0.05, 0) is 25.7 Å². The summed E-state index contributed by atoms with van der Waals surface area (Å²) in [6.45, 7) is 12.5. The predicted molar refractivity (Wildman–Crippen MR) is 135 cm³/mol. The summed E-state index contributed by atoms with van der Waals surface area (Å²) in [4.78, 5) is 13.6. The van der Waals surface area contributed by atoms with Crippen LogP contribution in [0.5, 0.6) is 0 Å². The van der Waals surface area contributed by atoms with E-state index in [-0.39, 0.29) is 12.3 Å². The van der Waals surface area contributed by atoms with E-state index in [0.29, 0.717) is 5.84 Å². The largest absolute Gasteiger partial charge is 0.481 e. The Morgan fingerprint density at radius 1 is 0.871 bits per heavy atom. The highest BCUT2D eigenvalue weighted by Gasteiger charge is 2.21. The van der Waals surface area contributed by atoms with Crippen LogP contribution in [0.25, 0.3) is 0 Å². The van der Waals surface area contributed by atoms with Gasteiger partial charge < -0.3 is 10.0 Å². The third kappa shape index (κ3) is 16.7. The van der Waals surface area contributed by atoms with Gasteiger partial charge in [-0.15, -0.1) is 0 Å². The van der Waals surface area contributed by atoms with E-state index in [1.807, 2.05) is 12.2 Å². The number of hydrogen-bond acceptors (Lipinski definition) is 2. The minimum atomic E-state index is -0.846. The molecule has 1 unspecified atom stereocenters. The van der Waals surface area contributed by atoms with Gasteiger partial charge in [0.25, 0.3) is 0 Å². The Balaban J connectivity index is 4.94. The van der Waals surface area contributed by atoms with Crippen molar-refractivity contribution in [3.63, 3.8) is 0 Å². The molecular formula is C27H50N2O2. The summed E-state index contributed by atoms with van der Waals surface area (Å²) in [6, 6.07) is 0. The molecule has 4 heteroatoms. The van der Waals surface area contributed by atoms with Crippen molar-refractivity contribution in [1.82, 2.24) is 4.90 Å². The molecule has 0 aromatic carbocycles. The van der Waals surface area contributed by atoms with Gasteiger partial charge in [0.2, 0.25) is 0 Å². The van der Waals surface area contributed by atoms with Crippen LogP contribution in [0.1, 0.15) is 117 Å². The summed E-state index contributed by atoms with van der Waals surface area (Å²) < 4.78 is 0. The monoisotopic (exact) mass is 434 g/mol. The van der Waals surface area contributed by atoms with Crippen molar-refractivity contribution in [1.29, 1.82) is 5.41 Å². The molecule has 0 aliphatic rings. The van der Waals surface area contributed by atoms with Crippen LogP contribution in [-0.4, -0.2) is 34.9 Å². The number of unbranched alkanes of at least 4 members (excludes halogenated alkanes) is 10. The summed E-state index contributed by atoms with van der Waals surface area (Å²) >= 11 is 0. The summed E-state index contributed by atoms with van der Waals surface area (Å²) in [5.41, 5.74) is 1.04. The number of carbonyl (C=O) groups is 1. The van der Waals surface area contributed by atoms with Crippen molar-refractivity contribution in [2.45, 2.75) is 117 Å². The minimum Gasteiger partial charge on any atom is -0.481 e. The zero-order chi connectivity index (χ0) is 23.3. The van der Waals surface area contributed by atoms with Gasteiger partial charge in [0.1, 0.15) is 5.84 Å². The van der Waals surface area contributed by atoms with Crippen molar-refractivity contribution in [2.75, 3.05) is 13.1 Å². The van der Waals surface area contributed by atoms with Crippen LogP contribution in [-0.2, 0) is 4.79 Å². The number of rotatable bonds is 21. The van der Waals surface area contributed by atoms with Crippen LogP contribution in [0.4, 0.5) is 0 Å². The van der Waals surface area contributed by atoms with Crippen LogP contribution >= 0.6 is 0 Å². The van der Waals surface area contributed by atoms with Gasteiger partial charge in [-0.2, -0.15) is 0 Å². The fraction of sp³-hybridized carbons (Fsp3) is 0.778. The van der Waals surface area contributed by atoms with E-state index in [1.165, 1.54) is 64.2 Å². The molecule has 180 valence electrons. The second kappa shape index (κ2) is 20.3. The van der Waals surface area contributed by atoms with Gasteiger partial charge in [-0.1, -0.05) is 109 Å². The highest BCUT2D eigenvalue weighted by Crippen LogP contribution is 2.17. The van der Waals surface area contributed by atoms with Crippen LogP contribution < -0.4 is 0 Å². The van der Waals surface area contributed by atoms with Gasteiger partial charge >= 0.3 is 5.97 Å². The number of carboxylic acids is 1. The van der Waals surface area contributed by atoms with E-state index < -0.39 is 5.97 Å². The number of nitrogens with one attached hydrogen (secondary N) is 1. The quantitative estimate of drug-likeness (QED) is 0.0832. The molecule has 0 fully saturated rings. The van der Waals surface area contributed by atoms with Crippen LogP contribution in [0, 0.1) is 11.3 Å². The Hall–Kier alpha value is -1.58. The first-order valence-corrected chi connectivity index (χ1v) is 12.9. The zero-order valence-electron chi connectivity index (χ0n) is 20.8. The second-order valence-corrected chi connectivity index (χ2v) is 8.88. The maximum absolute atomic E-state index is 11.5. The zero-order valence-corrected chi connectivity index (χ0v) is 20.8. The Morgan fingerprint density at radius 2 is 1.35 bits per heavy atom. The molecule has 0 saturated heterocycles. The molecule has 0 amide bonds. The first-order chi connectivity index (χ1) is 15.0. The smallest absolute Gasteiger partial charge is 0.304 e. The lowest BCUT2D eigenvalue weighted by molar-refractivity contribution is -0.137. The van der Waals surface area contributed by atoms with E-state index in [1.54, 1.807) is 0 Å². The van der Waals surface area contributed by atoms with E-state index in [9.17, 15) is 9.90 Å². The van der Waals surface area contributed by atoms with Crippen molar-refractivity contribution in [3.05, 3.63) is 24.3 Å². The SMILES string of the molecule is C=C(/C=C/C(CC(=O)O)C(=N)N(CCCCCC)CCCCCC)CCCCCCC. The average molecular weight is 435 g/mol. The van der Waals surface area contributed by atoms with E-state index in [2.05, 4.69) is 32.3 Å². The molecule has 0 rings (SSSR count). The molecular weight excluding hydrogens is 384 g/mol. The molecule has 0 aromatic heterocycles. The molecule has 2 N–H and O–H groups in total. The Morgan fingerprint density at radius 3 is 1.84 bits per heavy atom. The Bertz CT molecular complexity index is 501. The lowest BCUT2D eigenvalue weighted by Crippen LogP contribution is -2.37. The summed E-state index contributed by atoms with van der Waals surface area (Å²) in [7, 11) is 0. The maximum Gasteiger partial charge on any atom is 0.304 e. The van der Waals surface area contributed by atoms with Crippen LogP contribution in [0.2, 0.25) is 0 Å². The minimum absolute atomic E-state index is 0.0282. The molecule has 0 aliphatic heterocycles. The number of allylic oxidation sites excluding steroid dienone is 2. The highest BCUT2D eigenvalue weighted by atomic mass is 16.4. The molecule has 0 bridgehead atoms. The summed E-state index contributed by atoms with van der Waals surface area (Å²) in [6.07, 6.45) is 20.2. The van der Waals surface area contributed by atoms with Crippen molar-refractivity contribution < 1.29 is 9.90 Å². The number of carboxylic acid groups (broad SMARTS) is 1. The van der Waals surface area contributed by atoms with Crippen molar-refractivity contribution >= 4 is 11.8 Å². The van der Waals surface area contributed by atoms with E-state index in [4.69, 9.17) is 5.41 Å². The molecule has 1 atom stereocenters. The number of aliphatic carboxylic acids is 1. The first kappa shape index (κ1) is 29.4. The maximum atomic E-state index is 11.5. The van der Waals surface area contributed by atoms with Crippen LogP contribution in [0.15, 0.2) is 24.3 Å². The molecule has 0 aliphatic carbocycles. The van der Waals surface area contributed by atoms with Gasteiger partial charge in [-0.25, -0.2) is 0 Å². The third-order valence-electron chi connectivity index (χ3n) is 5.82. The van der Waals surface area contributed by atoms with Gasteiger partial charge in [0.15, 0.2) is 0 Å².